The molecule has 0 aromatic heterocycles. The summed E-state index contributed by atoms with van der Waals surface area (Å²) in [5.74, 6) is -0.637. The van der Waals surface area contributed by atoms with E-state index >= 15 is 0 Å². The number of amides is 1. The minimum Gasteiger partial charge on any atom is -0.481 e. The molecular weight excluding hydrogens is 278 g/mol. The van der Waals surface area contributed by atoms with Crippen LogP contribution in [0.3, 0.4) is 0 Å². The average molecular weight is 301 g/mol. The maximum atomic E-state index is 12.0. The van der Waals surface area contributed by atoms with Crippen molar-refractivity contribution in [3.63, 3.8) is 0 Å². The first-order valence-corrected chi connectivity index (χ1v) is 8.84. The minimum atomic E-state index is -1.25. The summed E-state index contributed by atoms with van der Waals surface area (Å²) < 4.78 is 12.0. The van der Waals surface area contributed by atoms with Crippen LogP contribution in [0.1, 0.15) is 51.4 Å². The molecule has 20 heavy (non-hydrogen) atoms. The first-order chi connectivity index (χ1) is 9.49. The Morgan fingerprint density at radius 2 is 1.85 bits per heavy atom. The summed E-state index contributed by atoms with van der Waals surface area (Å²) >= 11 is 0. The molecule has 0 aliphatic heterocycles. The predicted octanol–water partition coefficient (Wildman–Crippen LogP) is 1.44. The number of aliphatic carboxylic acids is 1. The molecule has 2 fully saturated rings. The summed E-state index contributed by atoms with van der Waals surface area (Å²) in [5.41, 5.74) is -0.304. The Labute approximate surface area is 122 Å². The van der Waals surface area contributed by atoms with Crippen molar-refractivity contribution in [3.05, 3.63) is 0 Å². The van der Waals surface area contributed by atoms with Crippen LogP contribution in [0.2, 0.25) is 0 Å². The Morgan fingerprint density at radius 1 is 1.20 bits per heavy atom. The molecule has 114 valence electrons. The lowest BCUT2D eigenvalue weighted by Gasteiger charge is -2.22. The molecule has 0 aromatic rings. The summed E-state index contributed by atoms with van der Waals surface area (Å²) in [7, 11) is -1.25. The lowest BCUT2D eigenvalue weighted by Crippen LogP contribution is -2.39. The highest BCUT2D eigenvalue weighted by Gasteiger charge is 2.45. The predicted molar refractivity (Wildman–Crippen MR) is 76.8 cm³/mol. The molecular formula is C14H23NO4S. The fourth-order valence-electron chi connectivity index (χ4n) is 2.92. The second-order valence-corrected chi connectivity index (χ2v) is 7.66. The smallest absolute Gasteiger partial charge is 0.303 e. The molecule has 6 heteroatoms. The third kappa shape index (κ3) is 4.89. The Morgan fingerprint density at radius 3 is 2.40 bits per heavy atom. The molecule has 2 N–H and O–H groups in total. The lowest BCUT2D eigenvalue weighted by molar-refractivity contribution is -0.138. The van der Waals surface area contributed by atoms with Crippen LogP contribution < -0.4 is 5.32 Å². The van der Waals surface area contributed by atoms with Gasteiger partial charge in [-0.3, -0.25) is 13.8 Å². The first kappa shape index (κ1) is 15.5. The average Bonchev–Trinajstić information content (AvgIpc) is 3.07. The number of carbonyl (C=O) groups excluding carboxylic acids is 1. The van der Waals surface area contributed by atoms with Crippen molar-refractivity contribution < 1.29 is 18.9 Å². The molecule has 2 aliphatic rings. The van der Waals surface area contributed by atoms with Crippen LogP contribution in [0.5, 0.6) is 0 Å². The third-order valence-corrected chi connectivity index (χ3v) is 5.73. The van der Waals surface area contributed by atoms with E-state index < -0.39 is 16.8 Å². The zero-order valence-corrected chi connectivity index (χ0v) is 12.5. The van der Waals surface area contributed by atoms with Gasteiger partial charge in [0.05, 0.1) is 6.42 Å². The number of rotatable bonds is 7. The molecule has 0 heterocycles. The topological polar surface area (TPSA) is 83.5 Å². The highest BCUT2D eigenvalue weighted by Crippen LogP contribution is 2.49. The Kier molecular flexibility index (Phi) is 5.18. The summed E-state index contributed by atoms with van der Waals surface area (Å²) in [5, 5.41) is 11.8. The quantitative estimate of drug-likeness (QED) is 0.745. The van der Waals surface area contributed by atoms with Crippen LogP contribution in [-0.4, -0.2) is 38.7 Å². The molecule has 0 radical (unpaired) electrons. The van der Waals surface area contributed by atoms with Gasteiger partial charge in [0.2, 0.25) is 5.91 Å². The molecule has 0 spiro atoms. The van der Waals surface area contributed by atoms with Gasteiger partial charge in [-0.15, -0.1) is 0 Å². The van der Waals surface area contributed by atoms with Crippen LogP contribution in [0.15, 0.2) is 0 Å². The highest BCUT2D eigenvalue weighted by atomic mass is 32.2. The Bertz CT molecular complexity index is 400. The van der Waals surface area contributed by atoms with Gasteiger partial charge in [-0.2, -0.15) is 0 Å². The van der Waals surface area contributed by atoms with Gasteiger partial charge in [-0.25, -0.2) is 0 Å². The molecule has 0 bridgehead atoms. The molecule has 5 nitrogen and oxygen atoms in total. The summed E-state index contributed by atoms with van der Waals surface area (Å²) in [4.78, 5) is 22.6. The standard InChI is InChI=1S/C14H23NO4S/c16-12(15-11-4-2-1-3-5-11)9-20(19)10-14(6-7-14)8-13(17)18/h11H,1-10H2,(H,15,16)(H,17,18). The van der Waals surface area contributed by atoms with Crippen LogP contribution in [-0.2, 0) is 20.4 Å². The van der Waals surface area contributed by atoms with Gasteiger partial charge in [0.25, 0.3) is 0 Å². The third-order valence-electron chi connectivity index (χ3n) is 4.21. The van der Waals surface area contributed by atoms with Gasteiger partial charge in [-0.05, 0) is 31.1 Å². The molecule has 1 amide bonds. The number of carboxylic acid groups (broad SMARTS) is 1. The Hall–Kier alpha value is -0.910. The summed E-state index contributed by atoms with van der Waals surface area (Å²) in [6.07, 6.45) is 7.26. The van der Waals surface area contributed by atoms with E-state index in [4.69, 9.17) is 5.11 Å². The number of carbonyl (C=O) groups is 2. The summed E-state index contributed by atoms with van der Waals surface area (Å²) in [6.45, 7) is 0. The first-order valence-electron chi connectivity index (χ1n) is 7.35. The van der Waals surface area contributed by atoms with E-state index in [1.54, 1.807) is 0 Å². The lowest BCUT2D eigenvalue weighted by atomic mass is 9.95. The van der Waals surface area contributed by atoms with Gasteiger partial charge in [0, 0.05) is 22.6 Å². The van der Waals surface area contributed by atoms with Gasteiger partial charge < -0.3 is 10.4 Å². The zero-order valence-electron chi connectivity index (χ0n) is 11.7. The van der Waals surface area contributed by atoms with Crippen molar-refractivity contribution in [2.45, 2.75) is 57.4 Å². The molecule has 0 aromatic carbocycles. The van der Waals surface area contributed by atoms with Gasteiger partial charge in [-0.1, -0.05) is 19.3 Å². The minimum absolute atomic E-state index is 0.0118. The van der Waals surface area contributed by atoms with E-state index in [1.165, 1.54) is 6.42 Å². The van der Waals surface area contributed by atoms with Crippen molar-refractivity contribution in [1.82, 2.24) is 5.32 Å². The monoisotopic (exact) mass is 301 g/mol. The van der Waals surface area contributed by atoms with Crippen molar-refractivity contribution in [2.75, 3.05) is 11.5 Å². The zero-order chi connectivity index (χ0) is 14.6. The maximum Gasteiger partial charge on any atom is 0.303 e. The largest absolute Gasteiger partial charge is 0.481 e. The van der Waals surface area contributed by atoms with Gasteiger partial charge >= 0.3 is 5.97 Å². The normalized spacial score (nSPS) is 23.0. The van der Waals surface area contributed by atoms with Crippen molar-refractivity contribution in [1.29, 1.82) is 0 Å². The maximum absolute atomic E-state index is 12.0. The van der Waals surface area contributed by atoms with Crippen LogP contribution in [0, 0.1) is 5.41 Å². The number of nitrogens with one attached hydrogen (secondary N) is 1. The number of carboxylic acids is 1. The van der Waals surface area contributed by atoms with E-state index in [0.717, 1.165) is 38.5 Å². The Balaban J connectivity index is 1.71. The fraction of sp³-hybridized carbons (Fsp3) is 0.857. The number of hydrogen-bond donors (Lipinski definition) is 2. The SMILES string of the molecule is O=C(O)CC1(CS(=O)CC(=O)NC2CCCCC2)CC1. The van der Waals surface area contributed by atoms with Crippen molar-refractivity contribution in [3.8, 4) is 0 Å². The van der Waals surface area contributed by atoms with E-state index in [2.05, 4.69) is 5.32 Å². The van der Waals surface area contributed by atoms with E-state index in [9.17, 15) is 13.8 Å². The molecule has 0 saturated heterocycles. The molecule has 1 unspecified atom stereocenters. The molecule has 2 aliphatic carbocycles. The van der Waals surface area contributed by atoms with Crippen LogP contribution in [0.4, 0.5) is 0 Å². The van der Waals surface area contributed by atoms with Crippen LogP contribution in [0.25, 0.3) is 0 Å². The van der Waals surface area contributed by atoms with E-state index in [0.29, 0.717) is 5.75 Å². The fourth-order valence-corrected chi connectivity index (χ4v) is 4.48. The second-order valence-electron chi connectivity index (χ2n) is 6.20. The van der Waals surface area contributed by atoms with Gasteiger partial charge in [0.1, 0.15) is 5.75 Å². The van der Waals surface area contributed by atoms with E-state index in [1.807, 2.05) is 0 Å². The summed E-state index contributed by atoms with van der Waals surface area (Å²) in [6, 6.07) is 0.238. The van der Waals surface area contributed by atoms with Crippen molar-refractivity contribution in [2.24, 2.45) is 5.41 Å². The number of hydrogen-bond acceptors (Lipinski definition) is 3. The molecule has 1 atom stereocenters. The highest BCUT2D eigenvalue weighted by molar-refractivity contribution is 7.85. The van der Waals surface area contributed by atoms with Gasteiger partial charge in [0.15, 0.2) is 0 Å². The molecule has 2 rings (SSSR count). The second kappa shape index (κ2) is 6.70. The van der Waals surface area contributed by atoms with E-state index in [-0.39, 0.29) is 29.5 Å². The van der Waals surface area contributed by atoms with Crippen molar-refractivity contribution >= 4 is 22.7 Å². The molecule has 2 saturated carbocycles. The van der Waals surface area contributed by atoms with Crippen LogP contribution >= 0.6 is 0 Å².